The predicted molar refractivity (Wildman–Crippen MR) is 66.5 cm³/mol. The molecule has 0 heterocycles. The molecule has 0 aliphatic carbocycles. The summed E-state index contributed by atoms with van der Waals surface area (Å²) >= 11 is 0. The third kappa shape index (κ3) is 5.57. The van der Waals surface area contributed by atoms with Gasteiger partial charge in [0.05, 0.1) is 6.61 Å². The summed E-state index contributed by atoms with van der Waals surface area (Å²) in [7, 11) is 0. The van der Waals surface area contributed by atoms with Crippen LogP contribution in [0.15, 0.2) is 48.5 Å². The smallest absolute Gasteiger partial charge is 1.00 e. The Balaban J connectivity index is 0.00000128. The van der Waals surface area contributed by atoms with Crippen LogP contribution < -0.4 is 21.7 Å². The van der Waals surface area contributed by atoms with E-state index < -0.39 is 0 Å². The molecule has 0 unspecified atom stereocenters. The summed E-state index contributed by atoms with van der Waals surface area (Å²) < 4.78 is 5.65. The summed E-state index contributed by atoms with van der Waals surface area (Å²) in [6.45, 7) is 2.66. The van der Waals surface area contributed by atoms with Crippen LogP contribution in [0.4, 0.5) is 0 Å². The van der Waals surface area contributed by atoms with E-state index >= 15 is 0 Å². The van der Waals surface area contributed by atoms with Crippen LogP contribution in [0.5, 0.6) is 5.75 Å². The quantitative estimate of drug-likeness (QED) is 0.573. The van der Waals surface area contributed by atoms with Gasteiger partial charge < -0.3 is 21.7 Å². The Morgan fingerprint density at radius 3 is 2.65 bits per heavy atom. The number of benzene rings is 2. The van der Waals surface area contributed by atoms with Crippen molar-refractivity contribution in [3.63, 3.8) is 0 Å². The molecule has 0 saturated carbocycles. The molecular formula is C14H13BrMgO. The van der Waals surface area contributed by atoms with Gasteiger partial charge in [-0.1, -0.05) is 12.1 Å². The van der Waals surface area contributed by atoms with Gasteiger partial charge in [0, 0.05) is 0 Å². The molecule has 0 N–H and O–H groups in total. The molecule has 17 heavy (non-hydrogen) atoms. The maximum Gasteiger partial charge on any atom is 2.00 e. The van der Waals surface area contributed by atoms with E-state index in [2.05, 4.69) is 19.1 Å². The van der Waals surface area contributed by atoms with E-state index in [4.69, 9.17) is 4.74 Å². The van der Waals surface area contributed by atoms with Gasteiger partial charge in [0.1, 0.15) is 5.75 Å². The summed E-state index contributed by atoms with van der Waals surface area (Å²) in [6.07, 6.45) is 0. The van der Waals surface area contributed by atoms with E-state index in [0.29, 0.717) is 6.61 Å². The van der Waals surface area contributed by atoms with Crippen molar-refractivity contribution < 1.29 is 21.7 Å². The molecule has 2 aromatic rings. The van der Waals surface area contributed by atoms with Gasteiger partial charge in [0.25, 0.3) is 0 Å². The minimum atomic E-state index is 0. The van der Waals surface area contributed by atoms with Crippen LogP contribution in [0.25, 0.3) is 0 Å². The van der Waals surface area contributed by atoms with E-state index in [9.17, 15) is 0 Å². The minimum Gasteiger partial charge on any atom is -1.00 e. The van der Waals surface area contributed by atoms with Crippen molar-refractivity contribution in [3.05, 3.63) is 65.7 Å². The van der Waals surface area contributed by atoms with Crippen molar-refractivity contribution in [3.8, 4) is 5.75 Å². The van der Waals surface area contributed by atoms with Gasteiger partial charge in [0.15, 0.2) is 0 Å². The molecule has 0 aliphatic heterocycles. The van der Waals surface area contributed by atoms with Crippen LogP contribution in [0.1, 0.15) is 11.1 Å². The molecule has 0 spiro atoms. The minimum absolute atomic E-state index is 0. The Bertz CT molecular complexity index is 431. The zero-order valence-electron chi connectivity index (χ0n) is 9.82. The van der Waals surface area contributed by atoms with Crippen molar-refractivity contribution in [2.24, 2.45) is 0 Å². The van der Waals surface area contributed by atoms with Gasteiger partial charge in [-0.05, 0) is 24.6 Å². The van der Waals surface area contributed by atoms with Crippen molar-refractivity contribution in [1.82, 2.24) is 0 Å². The second-order valence-electron chi connectivity index (χ2n) is 3.52. The Labute approximate surface area is 129 Å². The average Bonchev–Trinajstić information content (AvgIpc) is 2.28. The summed E-state index contributed by atoms with van der Waals surface area (Å²) in [5.41, 5.74) is 2.35. The fourth-order valence-corrected chi connectivity index (χ4v) is 1.39. The van der Waals surface area contributed by atoms with Crippen LogP contribution in [0.3, 0.4) is 0 Å². The Hall–Kier alpha value is -0.514. The van der Waals surface area contributed by atoms with E-state index in [1.54, 1.807) is 0 Å². The summed E-state index contributed by atoms with van der Waals surface area (Å²) in [4.78, 5) is 0. The molecule has 0 fully saturated rings. The molecule has 2 aromatic carbocycles. The van der Waals surface area contributed by atoms with E-state index in [1.807, 2.05) is 42.5 Å². The zero-order chi connectivity index (χ0) is 10.5. The molecule has 0 aliphatic rings. The summed E-state index contributed by atoms with van der Waals surface area (Å²) in [5, 5.41) is 0. The molecular weight excluding hydrogens is 288 g/mol. The zero-order valence-corrected chi connectivity index (χ0v) is 12.8. The second-order valence-corrected chi connectivity index (χ2v) is 3.52. The molecule has 0 amide bonds. The van der Waals surface area contributed by atoms with Crippen molar-refractivity contribution in [2.75, 3.05) is 0 Å². The first kappa shape index (κ1) is 16.5. The number of hydrogen-bond acceptors (Lipinski definition) is 1. The molecule has 3 heteroatoms. The van der Waals surface area contributed by atoms with Crippen LogP contribution in [-0.4, -0.2) is 23.1 Å². The largest absolute Gasteiger partial charge is 2.00 e. The molecule has 0 atom stereocenters. The average molecular weight is 301 g/mol. The topological polar surface area (TPSA) is 9.23 Å². The first-order valence-electron chi connectivity index (χ1n) is 4.99. The fraction of sp³-hybridized carbons (Fsp3) is 0.143. The van der Waals surface area contributed by atoms with Crippen LogP contribution in [0.2, 0.25) is 0 Å². The van der Waals surface area contributed by atoms with E-state index in [0.717, 1.165) is 11.3 Å². The van der Waals surface area contributed by atoms with E-state index in [1.165, 1.54) is 5.56 Å². The molecule has 0 aromatic heterocycles. The van der Waals surface area contributed by atoms with Crippen molar-refractivity contribution >= 4 is 23.1 Å². The van der Waals surface area contributed by atoms with Crippen LogP contribution in [0, 0.1) is 13.0 Å². The molecule has 84 valence electrons. The normalized spacial score (nSPS) is 8.76. The molecule has 0 bridgehead atoms. The first-order chi connectivity index (χ1) is 7.34. The maximum atomic E-state index is 5.65. The molecule has 0 saturated heterocycles. The number of rotatable bonds is 3. The van der Waals surface area contributed by atoms with E-state index in [-0.39, 0.29) is 40.0 Å². The maximum absolute atomic E-state index is 5.65. The number of halogens is 1. The van der Waals surface area contributed by atoms with Gasteiger partial charge in [0.2, 0.25) is 0 Å². The third-order valence-electron chi connectivity index (χ3n) is 2.17. The van der Waals surface area contributed by atoms with Crippen LogP contribution in [-0.2, 0) is 6.61 Å². The van der Waals surface area contributed by atoms with Gasteiger partial charge in [-0.15, -0.1) is 5.56 Å². The second kappa shape index (κ2) is 8.56. The Morgan fingerprint density at radius 2 is 2.00 bits per heavy atom. The monoisotopic (exact) mass is 300 g/mol. The number of ether oxygens (including phenoxy) is 1. The first-order valence-corrected chi connectivity index (χ1v) is 4.99. The summed E-state index contributed by atoms with van der Waals surface area (Å²) in [5.74, 6) is 0.916. The van der Waals surface area contributed by atoms with Crippen molar-refractivity contribution in [1.29, 1.82) is 0 Å². The van der Waals surface area contributed by atoms with Gasteiger partial charge in [-0.2, -0.15) is 30.3 Å². The molecule has 2 rings (SSSR count). The SMILES string of the molecule is Cc1cccc(OCc2c[c-]ccc2)c1.[Br-].[Mg+2]. The van der Waals surface area contributed by atoms with Gasteiger partial charge in [-0.3, -0.25) is 0 Å². The molecule has 1 nitrogen and oxygen atoms in total. The Morgan fingerprint density at radius 1 is 1.18 bits per heavy atom. The Kier molecular flexibility index (Phi) is 8.30. The molecule has 0 radical (unpaired) electrons. The van der Waals surface area contributed by atoms with Crippen LogP contribution >= 0.6 is 0 Å². The number of hydrogen-bond donors (Lipinski definition) is 0. The van der Waals surface area contributed by atoms with Crippen molar-refractivity contribution in [2.45, 2.75) is 13.5 Å². The third-order valence-corrected chi connectivity index (χ3v) is 2.17. The van der Waals surface area contributed by atoms with Gasteiger partial charge in [-0.25, -0.2) is 0 Å². The fourth-order valence-electron chi connectivity index (χ4n) is 1.39. The standard InChI is InChI=1S/C14H13O.BrH.Mg/c1-12-6-5-9-14(10-12)15-11-13-7-3-2-4-8-13;;/h2-3,5-10H,11H2,1H3;1H;/q-1;;+2/p-1. The predicted octanol–water partition coefficient (Wildman–Crippen LogP) is -0.00259. The van der Waals surface area contributed by atoms with Gasteiger partial charge >= 0.3 is 23.1 Å². The number of aryl methyl sites for hydroxylation is 1. The summed E-state index contributed by atoms with van der Waals surface area (Å²) in [6, 6.07) is 18.9.